The molecule has 2 aliphatic carbocycles. The lowest BCUT2D eigenvalue weighted by atomic mass is 9.82. The van der Waals surface area contributed by atoms with Gasteiger partial charge >= 0.3 is 0 Å². The topological polar surface area (TPSA) is 16.4 Å². The lowest BCUT2D eigenvalue weighted by Crippen LogP contribution is -2.14. The normalized spacial score (nSPS) is 16.4. The summed E-state index contributed by atoms with van der Waals surface area (Å²) in [7, 11) is 0. The molecule has 318 valence electrons. The third-order valence-electron chi connectivity index (χ3n) is 14.7. The van der Waals surface area contributed by atoms with Gasteiger partial charge in [-0.2, -0.15) is 0 Å². The second kappa shape index (κ2) is 14.8. The standard InChI is InChI=1S/C63H43NOS2/c1-63(2)54-21-6-3-14-53(54)58-55(63)37-36-50-49-18-9-15-44(59(49)65-60(50)58)38-24-30-41(31-25-38)64(42-32-26-39(27-33-42)45-16-10-19-51-47-12-4-7-22-56(47)66-61(45)51)43-34-28-40(29-35-43)46-17-11-20-52-48-13-5-8-23-57(48)67-62(46)52/h3-37,47,56H,1-2H3. The first-order valence-corrected chi connectivity index (χ1v) is 24.9. The smallest absolute Gasteiger partial charge is 0.143 e. The summed E-state index contributed by atoms with van der Waals surface area (Å²) in [6.45, 7) is 4.65. The Morgan fingerprint density at radius 2 is 1.04 bits per heavy atom. The first kappa shape index (κ1) is 38.9. The summed E-state index contributed by atoms with van der Waals surface area (Å²) in [5, 5.41) is 5.39. The summed E-state index contributed by atoms with van der Waals surface area (Å²) >= 11 is 3.87. The Morgan fingerprint density at radius 3 is 1.82 bits per heavy atom. The second-order valence-corrected chi connectivity index (χ2v) is 20.9. The van der Waals surface area contributed by atoms with Crippen LogP contribution in [-0.4, -0.2) is 5.25 Å². The van der Waals surface area contributed by atoms with E-state index in [1.807, 2.05) is 23.1 Å². The van der Waals surface area contributed by atoms with E-state index in [4.69, 9.17) is 4.42 Å². The molecule has 0 fully saturated rings. The lowest BCUT2D eigenvalue weighted by Gasteiger charge is -2.26. The summed E-state index contributed by atoms with van der Waals surface area (Å²) in [5.41, 5.74) is 18.9. The number of fused-ring (bicyclic) bond motifs is 13. The summed E-state index contributed by atoms with van der Waals surface area (Å²) in [5.74, 6) is 0.431. The monoisotopic (exact) mass is 893 g/mol. The van der Waals surface area contributed by atoms with Crippen molar-refractivity contribution in [2.75, 3.05) is 4.90 Å². The van der Waals surface area contributed by atoms with Gasteiger partial charge in [0.2, 0.25) is 0 Å². The van der Waals surface area contributed by atoms with Crippen LogP contribution in [0.5, 0.6) is 0 Å². The molecule has 0 N–H and O–H groups in total. The van der Waals surface area contributed by atoms with Gasteiger partial charge in [-0.1, -0.05) is 184 Å². The molecule has 2 nitrogen and oxygen atoms in total. The van der Waals surface area contributed by atoms with Crippen LogP contribution in [0.2, 0.25) is 0 Å². The van der Waals surface area contributed by atoms with E-state index in [9.17, 15) is 0 Å². The number of furan rings is 1. The molecular weight excluding hydrogens is 851 g/mol. The first-order valence-electron chi connectivity index (χ1n) is 23.2. The highest BCUT2D eigenvalue weighted by Crippen LogP contribution is 2.54. The fraction of sp³-hybridized carbons (Fsp3) is 0.0794. The molecule has 1 aliphatic heterocycles. The molecule has 14 rings (SSSR count). The number of hydrogen-bond donors (Lipinski definition) is 0. The molecule has 0 spiro atoms. The minimum atomic E-state index is -0.0909. The third-order valence-corrected chi connectivity index (χ3v) is 17.3. The number of nitrogens with zero attached hydrogens (tertiary/aromatic N) is 1. The van der Waals surface area contributed by atoms with Crippen LogP contribution in [0.25, 0.3) is 86.6 Å². The second-order valence-electron chi connectivity index (χ2n) is 18.7. The van der Waals surface area contributed by atoms with Crippen LogP contribution in [0.4, 0.5) is 17.1 Å². The van der Waals surface area contributed by atoms with E-state index in [2.05, 4.69) is 231 Å². The summed E-state index contributed by atoms with van der Waals surface area (Å²) < 4.78 is 9.67. The molecule has 0 amide bonds. The van der Waals surface area contributed by atoms with Gasteiger partial charge in [0.25, 0.3) is 0 Å². The number of anilines is 3. The number of thiophene rings is 1. The largest absolute Gasteiger partial charge is 0.455 e. The van der Waals surface area contributed by atoms with Crippen molar-refractivity contribution in [3.8, 4) is 44.5 Å². The van der Waals surface area contributed by atoms with E-state index in [-0.39, 0.29) is 5.41 Å². The van der Waals surface area contributed by atoms with Crippen molar-refractivity contribution in [3.05, 3.63) is 229 Å². The molecule has 0 saturated heterocycles. The van der Waals surface area contributed by atoms with Gasteiger partial charge in [-0.05, 0) is 92.5 Å². The van der Waals surface area contributed by atoms with Gasteiger partial charge in [0.1, 0.15) is 11.2 Å². The molecule has 0 saturated carbocycles. The van der Waals surface area contributed by atoms with Crippen molar-refractivity contribution in [1.82, 2.24) is 0 Å². The van der Waals surface area contributed by atoms with Crippen molar-refractivity contribution < 1.29 is 4.42 Å². The number of rotatable bonds is 6. The molecule has 3 aliphatic rings. The fourth-order valence-electron chi connectivity index (χ4n) is 11.4. The number of thioether (sulfide) groups is 1. The van der Waals surface area contributed by atoms with Crippen LogP contribution in [0, 0.1) is 0 Å². The Kier molecular flexibility index (Phi) is 8.59. The zero-order chi connectivity index (χ0) is 44.4. The summed E-state index contributed by atoms with van der Waals surface area (Å²) in [4.78, 5) is 3.78. The van der Waals surface area contributed by atoms with Crippen LogP contribution >= 0.6 is 23.1 Å². The Balaban J connectivity index is 0.863. The van der Waals surface area contributed by atoms with Crippen molar-refractivity contribution in [3.63, 3.8) is 0 Å². The summed E-state index contributed by atoms with van der Waals surface area (Å²) in [6.07, 6.45) is 9.09. The molecule has 9 aromatic carbocycles. The van der Waals surface area contributed by atoms with Crippen LogP contribution in [0.15, 0.2) is 222 Å². The minimum absolute atomic E-state index is 0.0909. The molecule has 2 unspecified atom stereocenters. The van der Waals surface area contributed by atoms with Crippen molar-refractivity contribution >= 4 is 82.3 Å². The molecule has 4 heteroatoms. The Hall–Kier alpha value is -7.37. The lowest BCUT2D eigenvalue weighted by molar-refractivity contribution is 0.653. The van der Waals surface area contributed by atoms with Gasteiger partial charge in [-0.15, -0.1) is 23.1 Å². The average Bonchev–Trinajstić information content (AvgIpc) is 4.13. The van der Waals surface area contributed by atoms with Gasteiger partial charge in [-0.25, -0.2) is 0 Å². The maximum Gasteiger partial charge on any atom is 0.143 e. The summed E-state index contributed by atoms with van der Waals surface area (Å²) in [6, 6.07) is 69.6. The maximum atomic E-state index is 7.02. The molecule has 2 atom stereocenters. The SMILES string of the molecule is CC1(C)c2ccccc2-c2c1ccc1c2oc2c(-c3ccc(N(c4ccc(-c5cccc6c5SC5C=CC=CC65)cc4)c4ccc(-c5cccc6c5sc5ccccc56)cc4)cc3)cccc21. The van der Waals surface area contributed by atoms with E-state index >= 15 is 0 Å². The highest BCUT2D eigenvalue weighted by atomic mass is 32.2. The van der Waals surface area contributed by atoms with Gasteiger partial charge in [0.15, 0.2) is 0 Å². The number of allylic oxidation sites excluding steroid dienone is 3. The maximum absolute atomic E-state index is 7.02. The Morgan fingerprint density at radius 1 is 0.463 bits per heavy atom. The van der Waals surface area contributed by atoms with Gasteiger partial charge < -0.3 is 9.32 Å². The molecule has 67 heavy (non-hydrogen) atoms. The van der Waals surface area contributed by atoms with Crippen LogP contribution in [0.3, 0.4) is 0 Å². The third kappa shape index (κ3) is 5.89. The molecule has 3 heterocycles. The first-order chi connectivity index (χ1) is 33.0. The number of hydrogen-bond acceptors (Lipinski definition) is 4. The highest BCUT2D eigenvalue weighted by Gasteiger charge is 2.38. The van der Waals surface area contributed by atoms with Crippen molar-refractivity contribution in [1.29, 1.82) is 0 Å². The average molecular weight is 894 g/mol. The van der Waals surface area contributed by atoms with E-state index in [0.29, 0.717) is 11.2 Å². The minimum Gasteiger partial charge on any atom is -0.455 e. The fourth-order valence-corrected chi connectivity index (χ4v) is 14.1. The van der Waals surface area contributed by atoms with E-state index < -0.39 is 0 Å². The number of benzene rings is 9. The molecule has 0 radical (unpaired) electrons. The van der Waals surface area contributed by atoms with Crippen LogP contribution in [0.1, 0.15) is 36.5 Å². The predicted octanol–water partition coefficient (Wildman–Crippen LogP) is 18.4. The quantitative estimate of drug-likeness (QED) is 0.165. The molecular formula is C63H43NOS2. The van der Waals surface area contributed by atoms with Crippen molar-refractivity contribution in [2.45, 2.75) is 35.3 Å². The van der Waals surface area contributed by atoms with Crippen molar-refractivity contribution in [2.24, 2.45) is 0 Å². The molecule has 0 bridgehead atoms. The molecule has 11 aromatic rings. The Labute approximate surface area is 398 Å². The van der Waals surface area contributed by atoms with E-state index in [1.165, 1.54) is 75.1 Å². The van der Waals surface area contributed by atoms with E-state index in [1.54, 1.807) is 0 Å². The Bertz CT molecular complexity index is 3870. The highest BCUT2D eigenvalue weighted by molar-refractivity contribution is 8.00. The van der Waals surface area contributed by atoms with Gasteiger partial charge in [0.05, 0.1) is 0 Å². The van der Waals surface area contributed by atoms with E-state index in [0.717, 1.165) is 50.1 Å². The van der Waals surface area contributed by atoms with Crippen LogP contribution in [-0.2, 0) is 5.41 Å². The van der Waals surface area contributed by atoms with Gasteiger partial charge in [0, 0.05) is 80.6 Å². The van der Waals surface area contributed by atoms with Crippen LogP contribution < -0.4 is 4.90 Å². The zero-order valence-electron chi connectivity index (χ0n) is 37.0. The molecule has 2 aromatic heterocycles. The predicted molar refractivity (Wildman–Crippen MR) is 286 cm³/mol. The van der Waals surface area contributed by atoms with Gasteiger partial charge in [-0.3, -0.25) is 0 Å². The number of para-hydroxylation sites is 1. The zero-order valence-corrected chi connectivity index (χ0v) is 38.7.